The van der Waals surface area contributed by atoms with Gasteiger partial charge in [-0.15, -0.1) is 10.2 Å². The van der Waals surface area contributed by atoms with Crippen molar-refractivity contribution in [2.24, 2.45) is 5.10 Å². The standard InChI is InChI=1S/C20H18N6O/c1-27-19-9-7-17(8-10-19)20-18(11-23-26-14-21-22-15-26)13-25(24-20)12-16-5-3-2-4-6-16/h2-11,13-15H,12H2,1H3/b23-11-. The molecule has 2 aromatic heterocycles. The van der Waals surface area contributed by atoms with E-state index in [1.54, 1.807) is 18.0 Å². The summed E-state index contributed by atoms with van der Waals surface area (Å²) in [5, 5.41) is 16.7. The topological polar surface area (TPSA) is 70.1 Å². The summed E-state index contributed by atoms with van der Waals surface area (Å²) in [5.41, 5.74) is 3.94. The van der Waals surface area contributed by atoms with E-state index < -0.39 is 0 Å². The first-order chi connectivity index (χ1) is 13.3. The van der Waals surface area contributed by atoms with E-state index in [0.717, 1.165) is 22.6 Å². The molecule has 0 radical (unpaired) electrons. The van der Waals surface area contributed by atoms with Crippen molar-refractivity contribution in [3.8, 4) is 17.0 Å². The average molecular weight is 358 g/mol. The molecule has 0 amide bonds. The molecule has 0 aliphatic carbocycles. The molecule has 0 aliphatic heterocycles. The highest BCUT2D eigenvalue weighted by molar-refractivity contribution is 5.88. The summed E-state index contributed by atoms with van der Waals surface area (Å²) in [7, 11) is 1.65. The molecule has 4 rings (SSSR count). The van der Waals surface area contributed by atoms with Crippen LogP contribution in [-0.4, -0.2) is 38.0 Å². The Labute approximate surface area is 156 Å². The van der Waals surface area contributed by atoms with Gasteiger partial charge in [0.1, 0.15) is 24.1 Å². The van der Waals surface area contributed by atoms with Crippen molar-refractivity contribution < 1.29 is 4.74 Å². The van der Waals surface area contributed by atoms with E-state index in [1.807, 2.05) is 53.3 Å². The fourth-order valence-corrected chi connectivity index (χ4v) is 2.74. The van der Waals surface area contributed by atoms with Crippen LogP contribution in [0, 0.1) is 0 Å². The summed E-state index contributed by atoms with van der Waals surface area (Å²) in [6, 6.07) is 18.0. The number of hydrogen-bond donors (Lipinski definition) is 0. The molecule has 27 heavy (non-hydrogen) atoms. The Bertz CT molecular complexity index is 1020. The van der Waals surface area contributed by atoms with Gasteiger partial charge in [-0.1, -0.05) is 30.3 Å². The maximum atomic E-state index is 5.25. The molecular weight excluding hydrogens is 340 g/mol. The molecule has 0 unspecified atom stereocenters. The van der Waals surface area contributed by atoms with Gasteiger partial charge in [-0.3, -0.25) is 4.68 Å². The molecule has 4 aromatic rings. The van der Waals surface area contributed by atoms with Crippen molar-refractivity contribution in [3.05, 3.63) is 84.6 Å². The molecule has 7 nitrogen and oxygen atoms in total. The molecule has 0 N–H and O–H groups in total. The van der Waals surface area contributed by atoms with Crippen LogP contribution in [0.25, 0.3) is 11.3 Å². The monoisotopic (exact) mass is 358 g/mol. The molecule has 0 bridgehead atoms. The predicted molar refractivity (Wildman–Crippen MR) is 103 cm³/mol. The Balaban J connectivity index is 1.69. The van der Waals surface area contributed by atoms with Crippen molar-refractivity contribution in [1.82, 2.24) is 24.7 Å². The van der Waals surface area contributed by atoms with E-state index in [0.29, 0.717) is 6.54 Å². The summed E-state index contributed by atoms with van der Waals surface area (Å²) in [6.07, 6.45) is 6.83. The van der Waals surface area contributed by atoms with Gasteiger partial charge >= 0.3 is 0 Å². The minimum Gasteiger partial charge on any atom is -0.497 e. The molecule has 2 aromatic carbocycles. The zero-order valence-electron chi connectivity index (χ0n) is 14.8. The third-order valence-electron chi connectivity index (χ3n) is 4.08. The number of nitrogens with zero attached hydrogens (tertiary/aromatic N) is 6. The first kappa shape index (κ1) is 16.7. The van der Waals surface area contributed by atoms with E-state index in [-0.39, 0.29) is 0 Å². The smallest absolute Gasteiger partial charge is 0.141 e. The highest BCUT2D eigenvalue weighted by atomic mass is 16.5. The van der Waals surface area contributed by atoms with Crippen molar-refractivity contribution in [1.29, 1.82) is 0 Å². The first-order valence-electron chi connectivity index (χ1n) is 8.46. The van der Waals surface area contributed by atoms with Crippen LogP contribution in [0.2, 0.25) is 0 Å². The Morgan fingerprint density at radius 3 is 2.44 bits per heavy atom. The fourth-order valence-electron chi connectivity index (χ4n) is 2.74. The summed E-state index contributed by atoms with van der Waals surface area (Å²) >= 11 is 0. The minimum absolute atomic E-state index is 0.685. The zero-order valence-corrected chi connectivity index (χ0v) is 14.8. The number of rotatable bonds is 6. The molecular formula is C20H18N6O. The zero-order chi connectivity index (χ0) is 18.5. The van der Waals surface area contributed by atoms with Crippen LogP contribution >= 0.6 is 0 Å². The van der Waals surface area contributed by atoms with E-state index >= 15 is 0 Å². The quantitative estimate of drug-likeness (QED) is 0.497. The Morgan fingerprint density at radius 1 is 1.00 bits per heavy atom. The van der Waals surface area contributed by atoms with Gasteiger partial charge in [0.25, 0.3) is 0 Å². The second-order valence-electron chi connectivity index (χ2n) is 5.93. The minimum atomic E-state index is 0.685. The number of aromatic nitrogens is 5. The second-order valence-corrected chi connectivity index (χ2v) is 5.93. The maximum Gasteiger partial charge on any atom is 0.141 e. The number of methoxy groups -OCH3 is 1. The van der Waals surface area contributed by atoms with Gasteiger partial charge < -0.3 is 4.74 Å². The van der Waals surface area contributed by atoms with E-state index in [2.05, 4.69) is 27.4 Å². The largest absolute Gasteiger partial charge is 0.497 e. The molecule has 0 aliphatic rings. The SMILES string of the molecule is COc1ccc(-c2nn(Cc3ccccc3)cc2/C=N\n2cnnc2)cc1. The van der Waals surface area contributed by atoms with Gasteiger partial charge in [-0.25, -0.2) is 4.68 Å². The van der Waals surface area contributed by atoms with E-state index in [9.17, 15) is 0 Å². The molecule has 0 fully saturated rings. The highest BCUT2D eigenvalue weighted by Crippen LogP contribution is 2.24. The Hall–Kier alpha value is -3.74. The van der Waals surface area contributed by atoms with Crippen molar-refractivity contribution in [3.63, 3.8) is 0 Å². The molecule has 134 valence electrons. The predicted octanol–water partition coefficient (Wildman–Crippen LogP) is 3.08. The molecule has 0 saturated heterocycles. The highest BCUT2D eigenvalue weighted by Gasteiger charge is 2.11. The molecule has 2 heterocycles. The normalized spacial score (nSPS) is 11.1. The van der Waals surface area contributed by atoms with Crippen LogP contribution in [0.5, 0.6) is 5.75 Å². The van der Waals surface area contributed by atoms with E-state index in [1.165, 1.54) is 18.2 Å². The fraction of sp³-hybridized carbons (Fsp3) is 0.100. The lowest BCUT2D eigenvalue weighted by atomic mass is 10.1. The number of hydrogen-bond acceptors (Lipinski definition) is 5. The van der Waals surface area contributed by atoms with Gasteiger partial charge in [-0.2, -0.15) is 10.2 Å². The molecule has 7 heteroatoms. The molecule has 0 atom stereocenters. The summed E-state index contributed by atoms with van der Waals surface area (Å²) < 4.78 is 8.71. The van der Waals surface area contributed by atoms with Gasteiger partial charge in [0.2, 0.25) is 0 Å². The van der Waals surface area contributed by atoms with Crippen molar-refractivity contribution >= 4 is 6.21 Å². The third kappa shape index (κ3) is 3.92. The van der Waals surface area contributed by atoms with Crippen molar-refractivity contribution in [2.45, 2.75) is 6.54 Å². The lowest BCUT2D eigenvalue weighted by molar-refractivity contribution is 0.415. The third-order valence-corrected chi connectivity index (χ3v) is 4.08. The number of benzene rings is 2. The van der Waals surface area contributed by atoms with Crippen LogP contribution in [0.4, 0.5) is 0 Å². The van der Waals surface area contributed by atoms with E-state index in [4.69, 9.17) is 9.84 Å². The lowest BCUT2D eigenvalue weighted by Gasteiger charge is -2.03. The Kier molecular flexibility index (Phi) is 4.74. The van der Waals surface area contributed by atoms with Gasteiger partial charge in [-0.05, 0) is 29.8 Å². The van der Waals surface area contributed by atoms with Crippen LogP contribution in [0.1, 0.15) is 11.1 Å². The van der Waals surface area contributed by atoms with Crippen LogP contribution < -0.4 is 4.74 Å². The Morgan fingerprint density at radius 2 is 1.74 bits per heavy atom. The van der Waals surface area contributed by atoms with Gasteiger partial charge in [0.15, 0.2) is 0 Å². The van der Waals surface area contributed by atoms with Crippen molar-refractivity contribution in [2.75, 3.05) is 7.11 Å². The summed E-state index contributed by atoms with van der Waals surface area (Å²) in [6.45, 7) is 0.685. The van der Waals surface area contributed by atoms with Crippen LogP contribution in [-0.2, 0) is 6.54 Å². The average Bonchev–Trinajstić information content (AvgIpc) is 3.37. The first-order valence-corrected chi connectivity index (χ1v) is 8.46. The van der Waals surface area contributed by atoms with Crippen LogP contribution in [0.3, 0.4) is 0 Å². The lowest BCUT2D eigenvalue weighted by Crippen LogP contribution is -2.00. The van der Waals surface area contributed by atoms with Crippen LogP contribution in [0.15, 0.2) is 78.6 Å². The number of ether oxygens (including phenoxy) is 1. The molecule has 0 saturated carbocycles. The molecule has 0 spiro atoms. The second kappa shape index (κ2) is 7.65. The van der Waals surface area contributed by atoms with Gasteiger partial charge in [0, 0.05) is 17.3 Å². The van der Waals surface area contributed by atoms with Gasteiger partial charge in [0.05, 0.1) is 19.9 Å². The maximum absolute atomic E-state index is 5.25. The summed E-state index contributed by atoms with van der Waals surface area (Å²) in [5.74, 6) is 0.808. The summed E-state index contributed by atoms with van der Waals surface area (Å²) in [4.78, 5) is 0.